The van der Waals surface area contributed by atoms with Gasteiger partial charge in [-0.05, 0) is 42.2 Å². The molecule has 2 aromatic heterocycles. The molecule has 1 atom stereocenters. The molecule has 7 nitrogen and oxygen atoms in total. The van der Waals surface area contributed by atoms with E-state index in [9.17, 15) is 0 Å². The number of hydrogen-bond donors (Lipinski definition) is 2. The lowest BCUT2D eigenvalue weighted by Crippen LogP contribution is -2.40. The third-order valence-corrected chi connectivity index (χ3v) is 4.44. The fraction of sp³-hybridized carbons (Fsp3) is 0.348. The molecule has 0 saturated carbocycles. The number of rotatable bonds is 10. The molecule has 3 aromatic rings. The predicted molar refractivity (Wildman–Crippen MR) is 135 cm³/mol. The number of pyridine rings is 1. The maximum Gasteiger partial charge on any atom is 0.191 e. The van der Waals surface area contributed by atoms with Crippen molar-refractivity contribution in [2.75, 3.05) is 19.7 Å². The maximum atomic E-state index is 5.84. The molecule has 31 heavy (non-hydrogen) atoms. The first-order valence-electron chi connectivity index (χ1n) is 10.3. The van der Waals surface area contributed by atoms with Gasteiger partial charge in [0.05, 0.1) is 19.8 Å². The molecule has 0 saturated heterocycles. The van der Waals surface area contributed by atoms with Crippen molar-refractivity contribution >= 4 is 29.9 Å². The summed E-state index contributed by atoms with van der Waals surface area (Å²) in [5, 5.41) is 10.9. The Kier molecular flexibility index (Phi) is 11.0. The average Bonchev–Trinajstić information content (AvgIpc) is 3.32. The van der Waals surface area contributed by atoms with Gasteiger partial charge >= 0.3 is 0 Å². The second-order valence-electron chi connectivity index (χ2n) is 7.15. The molecule has 0 amide bonds. The van der Waals surface area contributed by atoms with E-state index < -0.39 is 0 Å². The van der Waals surface area contributed by atoms with Gasteiger partial charge < -0.3 is 15.4 Å². The van der Waals surface area contributed by atoms with Crippen LogP contribution in [0.4, 0.5) is 0 Å². The van der Waals surface area contributed by atoms with E-state index in [1.807, 2.05) is 42.6 Å². The van der Waals surface area contributed by atoms with Crippen molar-refractivity contribution < 1.29 is 4.74 Å². The molecule has 0 aliphatic rings. The first-order valence-corrected chi connectivity index (χ1v) is 10.3. The van der Waals surface area contributed by atoms with Crippen molar-refractivity contribution in [3.63, 3.8) is 0 Å². The highest BCUT2D eigenvalue weighted by molar-refractivity contribution is 14.0. The second kappa shape index (κ2) is 13.8. The molecule has 0 spiro atoms. The molecule has 1 unspecified atom stereocenters. The second-order valence-corrected chi connectivity index (χ2v) is 7.15. The first-order chi connectivity index (χ1) is 14.7. The van der Waals surface area contributed by atoms with Crippen LogP contribution in [-0.2, 0) is 17.9 Å². The summed E-state index contributed by atoms with van der Waals surface area (Å²) in [5.74, 6) is 1.95. The highest BCUT2D eigenvalue weighted by atomic mass is 127. The lowest BCUT2D eigenvalue weighted by atomic mass is 10.2. The standard InChI is InChI=1S/C23H30N6O.HI/c1-3-24-23(26-15-19(2)17-30-18-20-8-5-4-6-9-20)27-16-21-10-12-25-22(14-21)29-13-7-11-28-29;/h4-14,19H,3,15-18H2,1-2H3,(H2,24,26,27);1H. The van der Waals surface area contributed by atoms with Crippen molar-refractivity contribution in [3.05, 3.63) is 78.2 Å². The van der Waals surface area contributed by atoms with E-state index >= 15 is 0 Å². The molecule has 1 aromatic carbocycles. The molecule has 8 heteroatoms. The summed E-state index contributed by atoms with van der Waals surface area (Å²) in [6, 6.07) is 16.1. The van der Waals surface area contributed by atoms with E-state index in [4.69, 9.17) is 9.73 Å². The topological polar surface area (TPSA) is 76.4 Å². The summed E-state index contributed by atoms with van der Waals surface area (Å²) in [6.45, 7) is 7.71. The van der Waals surface area contributed by atoms with Gasteiger partial charge in [0.2, 0.25) is 0 Å². The van der Waals surface area contributed by atoms with Crippen LogP contribution in [0.25, 0.3) is 5.82 Å². The monoisotopic (exact) mass is 534 g/mol. The Morgan fingerprint density at radius 1 is 1.10 bits per heavy atom. The molecule has 0 radical (unpaired) electrons. The number of halogens is 1. The van der Waals surface area contributed by atoms with Gasteiger partial charge in [-0.1, -0.05) is 37.3 Å². The smallest absolute Gasteiger partial charge is 0.191 e. The third-order valence-electron chi connectivity index (χ3n) is 4.44. The van der Waals surface area contributed by atoms with Crippen LogP contribution in [0, 0.1) is 5.92 Å². The average molecular weight is 534 g/mol. The van der Waals surface area contributed by atoms with Gasteiger partial charge in [-0.15, -0.1) is 24.0 Å². The van der Waals surface area contributed by atoms with Gasteiger partial charge in [-0.2, -0.15) is 5.10 Å². The Hall–Kier alpha value is -2.46. The zero-order chi connectivity index (χ0) is 21.0. The highest BCUT2D eigenvalue weighted by Crippen LogP contribution is 2.07. The summed E-state index contributed by atoms with van der Waals surface area (Å²) < 4.78 is 7.58. The van der Waals surface area contributed by atoms with E-state index in [1.165, 1.54) is 5.56 Å². The van der Waals surface area contributed by atoms with Gasteiger partial charge in [0.25, 0.3) is 0 Å². The van der Waals surface area contributed by atoms with Crippen molar-refractivity contribution in [2.45, 2.75) is 27.0 Å². The minimum atomic E-state index is 0. The van der Waals surface area contributed by atoms with Gasteiger partial charge in [0.15, 0.2) is 11.8 Å². The molecule has 0 bridgehead atoms. The fourth-order valence-electron chi connectivity index (χ4n) is 2.88. The number of guanidine groups is 1. The quantitative estimate of drug-likeness (QED) is 0.235. The molecule has 0 aliphatic heterocycles. The molecule has 0 fully saturated rings. The number of aliphatic imine (C=N–C) groups is 1. The van der Waals surface area contributed by atoms with E-state index in [1.54, 1.807) is 17.1 Å². The zero-order valence-corrected chi connectivity index (χ0v) is 20.4. The summed E-state index contributed by atoms with van der Waals surface area (Å²) in [7, 11) is 0. The van der Waals surface area contributed by atoms with Gasteiger partial charge in [0, 0.05) is 31.7 Å². The highest BCUT2D eigenvalue weighted by Gasteiger charge is 2.05. The number of nitrogens with zero attached hydrogens (tertiary/aromatic N) is 4. The molecule has 166 valence electrons. The summed E-state index contributed by atoms with van der Waals surface area (Å²) >= 11 is 0. The number of ether oxygens (including phenoxy) is 1. The van der Waals surface area contributed by atoms with Crippen molar-refractivity contribution in [1.29, 1.82) is 0 Å². The van der Waals surface area contributed by atoms with Crippen LogP contribution in [0.3, 0.4) is 0 Å². The van der Waals surface area contributed by atoms with Gasteiger partial charge in [-0.25, -0.2) is 14.7 Å². The lowest BCUT2D eigenvalue weighted by Gasteiger charge is -2.16. The Bertz CT molecular complexity index is 901. The van der Waals surface area contributed by atoms with Crippen LogP contribution >= 0.6 is 24.0 Å². The Labute approximate surface area is 201 Å². The van der Waals surface area contributed by atoms with Crippen LogP contribution in [0.5, 0.6) is 0 Å². The Morgan fingerprint density at radius 2 is 1.94 bits per heavy atom. The largest absolute Gasteiger partial charge is 0.376 e. The van der Waals surface area contributed by atoms with Crippen LogP contribution in [0.2, 0.25) is 0 Å². The van der Waals surface area contributed by atoms with E-state index in [0.717, 1.165) is 30.4 Å². The summed E-state index contributed by atoms with van der Waals surface area (Å²) in [6.07, 6.45) is 5.40. The predicted octanol–water partition coefficient (Wildman–Crippen LogP) is 3.79. The lowest BCUT2D eigenvalue weighted by molar-refractivity contribution is 0.0931. The molecule has 3 rings (SSSR count). The van der Waals surface area contributed by atoms with E-state index in [2.05, 4.69) is 46.7 Å². The van der Waals surface area contributed by atoms with Gasteiger partial charge in [-0.3, -0.25) is 0 Å². The number of benzene rings is 1. The first kappa shape index (κ1) is 24.8. The van der Waals surface area contributed by atoms with Crippen molar-refractivity contribution in [1.82, 2.24) is 25.4 Å². The molecule has 2 heterocycles. The number of aromatic nitrogens is 3. The number of nitrogens with one attached hydrogen (secondary N) is 2. The maximum absolute atomic E-state index is 5.84. The summed E-state index contributed by atoms with van der Waals surface area (Å²) in [4.78, 5) is 9.06. The van der Waals surface area contributed by atoms with Gasteiger partial charge in [0.1, 0.15) is 0 Å². The number of hydrogen-bond acceptors (Lipinski definition) is 4. The van der Waals surface area contributed by atoms with Crippen LogP contribution in [0.1, 0.15) is 25.0 Å². The Morgan fingerprint density at radius 3 is 2.68 bits per heavy atom. The minimum Gasteiger partial charge on any atom is -0.376 e. The minimum absolute atomic E-state index is 0. The zero-order valence-electron chi connectivity index (χ0n) is 18.1. The van der Waals surface area contributed by atoms with E-state index in [0.29, 0.717) is 25.7 Å². The molecule has 0 aliphatic carbocycles. The van der Waals surface area contributed by atoms with E-state index in [-0.39, 0.29) is 24.0 Å². The molecular weight excluding hydrogens is 503 g/mol. The Balaban J connectivity index is 0.00000341. The van der Waals surface area contributed by atoms with Crippen LogP contribution in [0.15, 0.2) is 72.1 Å². The fourth-order valence-corrected chi connectivity index (χ4v) is 2.88. The SMILES string of the molecule is CCNC(=NCc1ccnc(-n2cccn2)c1)NCC(C)COCc1ccccc1.I. The van der Waals surface area contributed by atoms with Crippen LogP contribution < -0.4 is 10.6 Å². The molecule has 2 N–H and O–H groups in total. The normalized spacial score (nSPS) is 12.1. The van der Waals surface area contributed by atoms with Crippen molar-refractivity contribution in [2.24, 2.45) is 10.9 Å². The molecular formula is C23H31IN6O. The van der Waals surface area contributed by atoms with Crippen molar-refractivity contribution in [3.8, 4) is 5.82 Å². The third kappa shape index (κ3) is 8.66. The summed E-state index contributed by atoms with van der Waals surface area (Å²) in [5.41, 5.74) is 2.27. The van der Waals surface area contributed by atoms with Crippen LogP contribution in [-0.4, -0.2) is 40.4 Å².